The fourth-order valence-electron chi connectivity index (χ4n) is 0.964. The lowest BCUT2D eigenvalue weighted by Gasteiger charge is -2.23. The van der Waals surface area contributed by atoms with Crippen molar-refractivity contribution in [2.75, 3.05) is 0 Å². The van der Waals surface area contributed by atoms with Gasteiger partial charge in [0.05, 0.1) is 0 Å². The van der Waals surface area contributed by atoms with Crippen molar-refractivity contribution in [2.45, 2.75) is 18.3 Å². The van der Waals surface area contributed by atoms with Crippen molar-refractivity contribution < 1.29 is 45.0 Å². The van der Waals surface area contributed by atoms with Crippen molar-refractivity contribution in [1.29, 1.82) is 0 Å². The second-order valence-corrected chi connectivity index (χ2v) is 2.92. The van der Waals surface area contributed by atoms with Crippen molar-refractivity contribution in [3.8, 4) is 0 Å². The number of carboxylic acid groups (broad SMARTS) is 3. The molecule has 92 valence electrons. The third kappa shape index (κ3) is 3.15. The van der Waals surface area contributed by atoms with Gasteiger partial charge in [-0.1, -0.05) is 0 Å². The number of aliphatic hydroxyl groups is 3. The van der Waals surface area contributed by atoms with Crippen molar-refractivity contribution in [2.24, 2.45) is 5.92 Å². The molecule has 0 aromatic heterocycles. The van der Waals surface area contributed by atoms with Crippen LogP contribution in [0.2, 0.25) is 0 Å². The third-order valence-corrected chi connectivity index (χ3v) is 1.82. The van der Waals surface area contributed by atoms with Gasteiger partial charge in [-0.15, -0.1) is 0 Å². The summed E-state index contributed by atoms with van der Waals surface area (Å²) in [6.07, 6.45) is -7.47. The second kappa shape index (κ2) is 5.39. The first-order chi connectivity index (χ1) is 7.20. The van der Waals surface area contributed by atoms with Gasteiger partial charge in [0.25, 0.3) is 0 Å². The van der Waals surface area contributed by atoms with Crippen LogP contribution in [-0.4, -0.2) is 66.9 Å². The van der Waals surface area contributed by atoms with Gasteiger partial charge in [0.1, 0.15) is 12.0 Å². The number of aliphatic carboxylic acids is 3. The van der Waals surface area contributed by atoms with Crippen LogP contribution in [0.4, 0.5) is 0 Å². The second-order valence-electron chi connectivity index (χ2n) is 2.92. The van der Waals surface area contributed by atoms with Crippen molar-refractivity contribution >= 4 is 17.9 Å². The molecule has 6 N–H and O–H groups in total. The van der Waals surface area contributed by atoms with E-state index in [1.165, 1.54) is 0 Å². The highest BCUT2D eigenvalue weighted by Gasteiger charge is 2.43. The molecule has 4 unspecified atom stereocenters. The average Bonchev–Trinajstić information content (AvgIpc) is 2.15. The summed E-state index contributed by atoms with van der Waals surface area (Å²) in [5.41, 5.74) is 0. The van der Waals surface area contributed by atoms with Gasteiger partial charge in [-0.3, -0.25) is 4.79 Å². The number of hydrogen-bond acceptors (Lipinski definition) is 6. The van der Waals surface area contributed by atoms with E-state index in [2.05, 4.69) is 0 Å². The molecule has 0 aliphatic heterocycles. The molecular weight excluding hydrogens is 228 g/mol. The summed E-state index contributed by atoms with van der Waals surface area (Å²) in [4.78, 5) is 31.0. The zero-order chi connectivity index (χ0) is 13.0. The van der Waals surface area contributed by atoms with E-state index in [1.807, 2.05) is 0 Å². The maximum absolute atomic E-state index is 10.5. The van der Waals surface area contributed by atoms with E-state index in [1.54, 1.807) is 0 Å². The largest absolute Gasteiger partial charge is 0.481 e. The molecule has 9 heteroatoms. The molecule has 0 heterocycles. The molecule has 0 saturated heterocycles. The SMILES string of the molecule is O=C(O)C(O)C(O)C(C(=O)O)C(O)C(=O)O. The normalized spacial score (nSPS) is 18.2. The van der Waals surface area contributed by atoms with Crippen molar-refractivity contribution in [1.82, 2.24) is 0 Å². The molecule has 16 heavy (non-hydrogen) atoms. The van der Waals surface area contributed by atoms with Crippen LogP contribution in [0, 0.1) is 5.92 Å². The fourth-order valence-corrected chi connectivity index (χ4v) is 0.964. The summed E-state index contributed by atoms with van der Waals surface area (Å²) in [5, 5.41) is 51.9. The summed E-state index contributed by atoms with van der Waals surface area (Å²) < 4.78 is 0. The standard InChI is InChI=1S/C7H10O9/c8-2(4(10)7(15)16)1(5(11)12)3(9)6(13)14/h1-4,8-10H,(H,11,12)(H,13,14)(H,15,16). The Morgan fingerprint density at radius 1 is 0.688 bits per heavy atom. The van der Waals surface area contributed by atoms with Crippen LogP contribution >= 0.6 is 0 Å². The minimum absolute atomic E-state index is 1.93. The summed E-state index contributed by atoms with van der Waals surface area (Å²) in [7, 11) is 0. The molecular formula is C7H10O9. The first-order valence-electron chi connectivity index (χ1n) is 3.92. The Morgan fingerprint density at radius 2 is 1.06 bits per heavy atom. The lowest BCUT2D eigenvalue weighted by atomic mass is 9.92. The van der Waals surface area contributed by atoms with Crippen LogP contribution in [0.3, 0.4) is 0 Å². The Hall–Kier alpha value is -1.71. The van der Waals surface area contributed by atoms with Gasteiger partial charge < -0.3 is 30.6 Å². The molecule has 0 aromatic carbocycles. The number of hydrogen-bond donors (Lipinski definition) is 6. The molecule has 4 atom stereocenters. The van der Waals surface area contributed by atoms with Gasteiger partial charge in [-0.2, -0.15) is 0 Å². The molecule has 9 nitrogen and oxygen atoms in total. The summed E-state index contributed by atoms with van der Waals surface area (Å²) in [5.74, 6) is -8.17. The van der Waals surface area contributed by atoms with E-state index in [4.69, 9.17) is 30.6 Å². The molecule has 0 saturated carbocycles. The Bertz CT molecular complexity index is 298. The van der Waals surface area contributed by atoms with E-state index in [-0.39, 0.29) is 0 Å². The molecule has 0 bridgehead atoms. The van der Waals surface area contributed by atoms with Crippen LogP contribution < -0.4 is 0 Å². The van der Waals surface area contributed by atoms with Gasteiger partial charge in [-0.05, 0) is 0 Å². The average molecular weight is 238 g/mol. The van der Waals surface area contributed by atoms with Crippen LogP contribution in [0.1, 0.15) is 0 Å². The number of rotatable bonds is 6. The Morgan fingerprint density at radius 3 is 1.31 bits per heavy atom. The van der Waals surface area contributed by atoms with Crippen molar-refractivity contribution in [3.63, 3.8) is 0 Å². The molecule has 0 aliphatic carbocycles. The van der Waals surface area contributed by atoms with E-state index < -0.39 is 42.1 Å². The quantitative estimate of drug-likeness (QED) is 0.280. The highest BCUT2D eigenvalue weighted by Crippen LogP contribution is 2.14. The molecule has 0 radical (unpaired) electrons. The van der Waals surface area contributed by atoms with E-state index in [9.17, 15) is 14.4 Å². The predicted octanol–water partition coefficient (Wildman–Crippen LogP) is -3.06. The van der Waals surface area contributed by atoms with Gasteiger partial charge in [0.15, 0.2) is 12.2 Å². The smallest absolute Gasteiger partial charge is 0.335 e. The maximum Gasteiger partial charge on any atom is 0.335 e. The first kappa shape index (κ1) is 14.3. The van der Waals surface area contributed by atoms with Crippen molar-refractivity contribution in [3.05, 3.63) is 0 Å². The fraction of sp³-hybridized carbons (Fsp3) is 0.571. The molecule has 0 aliphatic rings. The highest BCUT2D eigenvalue weighted by atomic mass is 16.4. The zero-order valence-electron chi connectivity index (χ0n) is 7.72. The predicted molar refractivity (Wildman–Crippen MR) is 44.4 cm³/mol. The Balaban J connectivity index is 4.99. The number of aliphatic hydroxyl groups excluding tert-OH is 3. The van der Waals surface area contributed by atoms with Gasteiger partial charge in [-0.25, -0.2) is 9.59 Å². The molecule has 0 aromatic rings. The number of carbonyl (C=O) groups is 3. The molecule has 0 rings (SSSR count). The van der Waals surface area contributed by atoms with Gasteiger partial charge in [0, 0.05) is 0 Å². The summed E-state index contributed by atoms with van der Waals surface area (Å²) in [6, 6.07) is 0. The van der Waals surface area contributed by atoms with E-state index in [0.29, 0.717) is 0 Å². The minimum atomic E-state index is -2.53. The Labute approximate surface area is 88.2 Å². The Kier molecular flexibility index (Phi) is 4.82. The maximum atomic E-state index is 10.5. The number of carboxylic acids is 3. The summed E-state index contributed by atoms with van der Waals surface area (Å²) in [6.45, 7) is 0. The van der Waals surface area contributed by atoms with Crippen LogP contribution in [-0.2, 0) is 14.4 Å². The van der Waals surface area contributed by atoms with Gasteiger partial charge >= 0.3 is 17.9 Å². The minimum Gasteiger partial charge on any atom is -0.481 e. The lowest BCUT2D eigenvalue weighted by molar-refractivity contribution is -0.174. The molecule has 0 spiro atoms. The molecule has 0 amide bonds. The summed E-state index contributed by atoms with van der Waals surface area (Å²) >= 11 is 0. The van der Waals surface area contributed by atoms with Crippen LogP contribution in [0.15, 0.2) is 0 Å². The van der Waals surface area contributed by atoms with Crippen LogP contribution in [0.5, 0.6) is 0 Å². The van der Waals surface area contributed by atoms with Crippen LogP contribution in [0.25, 0.3) is 0 Å². The topological polar surface area (TPSA) is 173 Å². The van der Waals surface area contributed by atoms with Gasteiger partial charge in [0.2, 0.25) is 0 Å². The molecule has 0 fully saturated rings. The third-order valence-electron chi connectivity index (χ3n) is 1.82. The first-order valence-corrected chi connectivity index (χ1v) is 3.92. The lowest BCUT2D eigenvalue weighted by Crippen LogP contribution is -2.49. The zero-order valence-corrected chi connectivity index (χ0v) is 7.72. The monoisotopic (exact) mass is 238 g/mol. The van der Waals surface area contributed by atoms with E-state index >= 15 is 0 Å². The van der Waals surface area contributed by atoms with E-state index in [0.717, 1.165) is 0 Å². The highest BCUT2D eigenvalue weighted by molar-refractivity contribution is 5.83.